The van der Waals surface area contributed by atoms with Gasteiger partial charge >= 0.3 is 0 Å². The van der Waals surface area contributed by atoms with Gasteiger partial charge in [-0.2, -0.15) is 0 Å². The normalized spacial score (nSPS) is 11.0. The van der Waals surface area contributed by atoms with Crippen LogP contribution in [-0.2, 0) is 0 Å². The molecule has 0 amide bonds. The first kappa shape index (κ1) is 9.49. The summed E-state index contributed by atoms with van der Waals surface area (Å²) in [6, 6.07) is 1.75. The molecule has 7 heteroatoms. The first-order valence-corrected chi connectivity index (χ1v) is 6.19. The second kappa shape index (κ2) is 3.39. The standard InChI is InChI=1S/C9H6N4OS2/c10-13-9(14)5-1-3-15-7(5)6(12-13)8-11-2-4-16-8/h1-4H,10H2. The number of nitrogens with zero attached hydrogens (tertiary/aromatic N) is 3. The van der Waals surface area contributed by atoms with E-state index in [1.807, 2.05) is 10.8 Å². The number of thiophene rings is 1. The lowest BCUT2D eigenvalue weighted by Gasteiger charge is -2.01. The van der Waals surface area contributed by atoms with Crippen LogP contribution in [0.4, 0.5) is 0 Å². The fraction of sp³-hybridized carbons (Fsp3) is 0. The summed E-state index contributed by atoms with van der Waals surface area (Å²) in [7, 11) is 0. The minimum absolute atomic E-state index is 0.281. The Morgan fingerprint density at radius 3 is 2.94 bits per heavy atom. The summed E-state index contributed by atoms with van der Waals surface area (Å²) >= 11 is 2.94. The summed E-state index contributed by atoms with van der Waals surface area (Å²) < 4.78 is 0.835. The molecule has 3 heterocycles. The van der Waals surface area contributed by atoms with Crippen molar-refractivity contribution < 1.29 is 0 Å². The molecule has 0 saturated carbocycles. The predicted octanol–water partition coefficient (Wildman–Crippen LogP) is 1.30. The molecule has 3 aromatic rings. The van der Waals surface area contributed by atoms with E-state index in [1.54, 1.807) is 12.3 Å². The van der Waals surface area contributed by atoms with Crippen molar-refractivity contribution in [2.24, 2.45) is 0 Å². The zero-order valence-corrected chi connectivity index (χ0v) is 9.59. The molecular formula is C9H6N4OS2. The number of aromatic nitrogens is 3. The molecule has 0 fully saturated rings. The molecule has 3 rings (SSSR count). The largest absolute Gasteiger partial charge is 0.320 e. The molecule has 16 heavy (non-hydrogen) atoms. The van der Waals surface area contributed by atoms with Crippen LogP contribution in [0, 0.1) is 0 Å². The average molecular weight is 250 g/mol. The lowest BCUT2D eigenvalue weighted by molar-refractivity contribution is 0.781. The quantitative estimate of drug-likeness (QED) is 0.660. The summed E-state index contributed by atoms with van der Waals surface area (Å²) in [5.41, 5.74) is 0.388. The molecule has 0 aliphatic carbocycles. The van der Waals surface area contributed by atoms with Crippen molar-refractivity contribution in [1.29, 1.82) is 0 Å². The molecule has 0 bridgehead atoms. The average Bonchev–Trinajstić information content (AvgIpc) is 2.93. The highest BCUT2D eigenvalue weighted by Gasteiger charge is 2.13. The molecule has 0 aliphatic rings. The zero-order valence-electron chi connectivity index (χ0n) is 7.95. The van der Waals surface area contributed by atoms with Gasteiger partial charge in [-0.3, -0.25) is 4.79 Å². The Balaban J connectivity index is 2.46. The van der Waals surface area contributed by atoms with Crippen molar-refractivity contribution >= 4 is 32.8 Å². The lowest BCUT2D eigenvalue weighted by Crippen LogP contribution is -2.29. The third-order valence-electron chi connectivity index (χ3n) is 2.16. The van der Waals surface area contributed by atoms with E-state index in [0.29, 0.717) is 11.1 Å². The molecule has 0 radical (unpaired) electrons. The molecule has 0 unspecified atom stereocenters. The van der Waals surface area contributed by atoms with Crippen molar-refractivity contribution in [1.82, 2.24) is 14.9 Å². The van der Waals surface area contributed by atoms with Crippen molar-refractivity contribution in [2.75, 3.05) is 5.84 Å². The molecular weight excluding hydrogens is 244 g/mol. The van der Waals surface area contributed by atoms with Crippen LogP contribution in [0.3, 0.4) is 0 Å². The van der Waals surface area contributed by atoms with Gasteiger partial charge < -0.3 is 5.84 Å². The monoisotopic (exact) mass is 250 g/mol. The highest BCUT2D eigenvalue weighted by molar-refractivity contribution is 7.18. The van der Waals surface area contributed by atoms with Crippen LogP contribution in [0.25, 0.3) is 20.8 Å². The fourth-order valence-electron chi connectivity index (χ4n) is 1.46. The predicted molar refractivity (Wildman–Crippen MR) is 65.1 cm³/mol. The van der Waals surface area contributed by atoms with E-state index in [2.05, 4.69) is 10.1 Å². The molecule has 0 saturated heterocycles. The molecule has 0 aliphatic heterocycles. The van der Waals surface area contributed by atoms with Crippen molar-refractivity contribution in [3.63, 3.8) is 0 Å². The molecule has 80 valence electrons. The topological polar surface area (TPSA) is 73.8 Å². The number of rotatable bonds is 1. The van der Waals surface area contributed by atoms with Crippen molar-refractivity contribution in [3.05, 3.63) is 33.4 Å². The van der Waals surface area contributed by atoms with Gasteiger partial charge in [0, 0.05) is 11.6 Å². The van der Waals surface area contributed by atoms with Crippen LogP contribution in [-0.4, -0.2) is 14.9 Å². The maximum atomic E-state index is 11.7. The van der Waals surface area contributed by atoms with E-state index in [-0.39, 0.29) is 5.56 Å². The van der Waals surface area contributed by atoms with E-state index in [0.717, 1.165) is 14.5 Å². The minimum Gasteiger partial charge on any atom is -0.320 e. The van der Waals surface area contributed by atoms with Crippen LogP contribution >= 0.6 is 22.7 Å². The summed E-state index contributed by atoms with van der Waals surface area (Å²) in [4.78, 5) is 16.7. The van der Waals surface area contributed by atoms with Crippen LogP contribution in [0.5, 0.6) is 0 Å². The number of thiazole rings is 1. The Bertz CT molecular complexity index is 698. The third kappa shape index (κ3) is 1.25. The Morgan fingerprint density at radius 1 is 1.31 bits per heavy atom. The van der Waals surface area contributed by atoms with Gasteiger partial charge in [-0.25, -0.2) is 4.98 Å². The maximum absolute atomic E-state index is 11.7. The van der Waals surface area contributed by atoms with E-state index < -0.39 is 0 Å². The Labute approximate surface area is 97.8 Å². The number of nitrogens with two attached hydrogens (primary N) is 1. The summed E-state index contributed by atoms with van der Waals surface area (Å²) in [6.07, 6.45) is 1.70. The molecule has 0 spiro atoms. The molecule has 0 aromatic carbocycles. The van der Waals surface area contributed by atoms with Gasteiger partial charge in [-0.05, 0) is 11.4 Å². The van der Waals surface area contributed by atoms with Gasteiger partial charge in [0.25, 0.3) is 5.56 Å². The fourth-order valence-corrected chi connectivity index (χ4v) is 3.03. The Hall–Kier alpha value is -1.73. The van der Waals surface area contributed by atoms with E-state index in [4.69, 9.17) is 5.84 Å². The Kier molecular flexibility index (Phi) is 2.01. The van der Waals surface area contributed by atoms with Crippen LogP contribution < -0.4 is 11.4 Å². The number of hydrogen-bond donors (Lipinski definition) is 1. The molecule has 3 aromatic heterocycles. The van der Waals surface area contributed by atoms with Gasteiger partial charge in [0.05, 0.1) is 10.1 Å². The maximum Gasteiger partial charge on any atom is 0.294 e. The highest BCUT2D eigenvalue weighted by Crippen LogP contribution is 2.29. The van der Waals surface area contributed by atoms with Gasteiger partial charge in [0.2, 0.25) is 0 Å². The smallest absolute Gasteiger partial charge is 0.294 e. The summed E-state index contributed by atoms with van der Waals surface area (Å²) in [5.74, 6) is 5.53. The van der Waals surface area contributed by atoms with Gasteiger partial charge in [-0.1, -0.05) is 0 Å². The minimum atomic E-state index is -0.281. The number of fused-ring (bicyclic) bond motifs is 1. The van der Waals surface area contributed by atoms with E-state index in [1.165, 1.54) is 22.7 Å². The second-order valence-corrected chi connectivity index (χ2v) is 4.91. The zero-order chi connectivity index (χ0) is 11.1. The van der Waals surface area contributed by atoms with Crippen molar-refractivity contribution in [2.45, 2.75) is 0 Å². The number of nitrogen functional groups attached to an aromatic ring is 1. The SMILES string of the molecule is Nn1nc(-c2nccs2)c2sccc2c1=O. The van der Waals surface area contributed by atoms with Gasteiger partial charge in [0.15, 0.2) is 0 Å². The summed E-state index contributed by atoms with van der Waals surface area (Å²) in [6.45, 7) is 0. The van der Waals surface area contributed by atoms with E-state index in [9.17, 15) is 4.79 Å². The van der Waals surface area contributed by atoms with Crippen LogP contribution in [0.2, 0.25) is 0 Å². The first-order chi connectivity index (χ1) is 7.77. The van der Waals surface area contributed by atoms with Crippen molar-refractivity contribution in [3.8, 4) is 10.7 Å². The van der Waals surface area contributed by atoms with Gasteiger partial charge in [-0.15, -0.1) is 32.6 Å². The highest BCUT2D eigenvalue weighted by atomic mass is 32.1. The van der Waals surface area contributed by atoms with Crippen LogP contribution in [0.15, 0.2) is 27.8 Å². The number of hydrogen-bond acceptors (Lipinski definition) is 6. The summed E-state index contributed by atoms with van der Waals surface area (Å²) in [5, 5.41) is 9.13. The third-order valence-corrected chi connectivity index (χ3v) is 3.86. The van der Waals surface area contributed by atoms with Gasteiger partial charge in [0.1, 0.15) is 10.7 Å². The second-order valence-electron chi connectivity index (χ2n) is 3.10. The molecule has 0 atom stereocenters. The Morgan fingerprint density at radius 2 is 2.19 bits per heavy atom. The molecule has 2 N–H and O–H groups in total. The lowest BCUT2D eigenvalue weighted by atomic mass is 10.3. The molecule has 5 nitrogen and oxygen atoms in total. The van der Waals surface area contributed by atoms with E-state index >= 15 is 0 Å². The van der Waals surface area contributed by atoms with Crippen LogP contribution in [0.1, 0.15) is 0 Å². The first-order valence-electron chi connectivity index (χ1n) is 4.43.